The molecule has 2 aromatic heterocycles. The molecule has 10 aromatic rings. The first-order valence-corrected chi connectivity index (χ1v) is 17.3. The SMILES string of the molecule is c1ccc2c(c1)c1ccccc1c1c(-c3ccc(-c4ccc(-c5cccc6c7ccccc7c7ccccc7c56)s4)s3)cccc21. The summed E-state index contributed by atoms with van der Waals surface area (Å²) in [5.74, 6) is 0. The van der Waals surface area contributed by atoms with Gasteiger partial charge in [0.25, 0.3) is 0 Å². The second-order valence-electron chi connectivity index (χ2n) is 12.0. The minimum atomic E-state index is 1.30. The van der Waals surface area contributed by atoms with Gasteiger partial charge in [0.1, 0.15) is 0 Å². The summed E-state index contributed by atoms with van der Waals surface area (Å²) in [5, 5.41) is 15.8. The molecule has 214 valence electrons. The molecule has 0 N–H and O–H groups in total. The van der Waals surface area contributed by atoms with Crippen LogP contribution in [0, 0.1) is 0 Å². The van der Waals surface area contributed by atoms with Gasteiger partial charge in [-0.15, -0.1) is 22.7 Å². The van der Waals surface area contributed by atoms with Gasteiger partial charge in [0.15, 0.2) is 0 Å². The summed E-state index contributed by atoms with van der Waals surface area (Å²) in [6.45, 7) is 0. The van der Waals surface area contributed by atoms with E-state index in [1.54, 1.807) is 0 Å². The maximum atomic E-state index is 2.32. The minimum Gasteiger partial charge on any atom is -0.134 e. The van der Waals surface area contributed by atoms with E-state index in [0.29, 0.717) is 0 Å². The fraction of sp³-hybridized carbons (Fsp3) is 0. The molecule has 0 nitrogen and oxygen atoms in total. The van der Waals surface area contributed by atoms with E-state index in [4.69, 9.17) is 0 Å². The standard InChI is InChI=1S/C44H26S2/c1-3-13-31-27(11-1)29-15-5-7-17-33(29)43-35(31)19-9-21-37(43)39-23-25-41(45-39)42-26-24-40(46-42)38-22-10-20-36-32-14-4-2-12-28(32)30-16-6-8-18-34(30)44(36)38/h1-26H. The highest BCUT2D eigenvalue weighted by molar-refractivity contribution is 7.25. The van der Waals surface area contributed by atoms with Crippen LogP contribution in [0.3, 0.4) is 0 Å². The van der Waals surface area contributed by atoms with Gasteiger partial charge in [-0.25, -0.2) is 0 Å². The summed E-state index contributed by atoms with van der Waals surface area (Å²) in [6.07, 6.45) is 0. The minimum absolute atomic E-state index is 1.30. The highest BCUT2D eigenvalue weighted by Gasteiger charge is 2.17. The topological polar surface area (TPSA) is 0 Å². The van der Waals surface area contributed by atoms with Crippen molar-refractivity contribution in [3.05, 3.63) is 158 Å². The van der Waals surface area contributed by atoms with Gasteiger partial charge in [0, 0.05) is 30.6 Å². The molecule has 0 saturated carbocycles. The lowest BCUT2D eigenvalue weighted by atomic mass is 9.91. The van der Waals surface area contributed by atoms with Gasteiger partial charge in [-0.3, -0.25) is 0 Å². The molecule has 0 bridgehead atoms. The Hall–Kier alpha value is -5.28. The Labute approximate surface area is 274 Å². The van der Waals surface area contributed by atoms with Gasteiger partial charge in [0.2, 0.25) is 0 Å². The van der Waals surface area contributed by atoms with Gasteiger partial charge >= 0.3 is 0 Å². The van der Waals surface area contributed by atoms with E-state index in [2.05, 4.69) is 158 Å². The number of thiophene rings is 2. The fourth-order valence-corrected chi connectivity index (χ4v) is 9.72. The van der Waals surface area contributed by atoms with Crippen LogP contribution < -0.4 is 0 Å². The Morgan fingerprint density at radius 1 is 0.217 bits per heavy atom. The third kappa shape index (κ3) is 3.78. The molecule has 0 spiro atoms. The molecule has 0 amide bonds. The Morgan fingerprint density at radius 3 is 0.826 bits per heavy atom. The van der Waals surface area contributed by atoms with Gasteiger partial charge in [0.05, 0.1) is 0 Å². The molecule has 0 aliphatic carbocycles. The number of rotatable bonds is 3. The Balaban J connectivity index is 1.13. The van der Waals surface area contributed by atoms with Crippen molar-refractivity contribution in [1.82, 2.24) is 0 Å². The lowest BCUT2D eigenvalue weighted by Gasteiger charge is -2.13. The van der Waals surface area contributed by atoms with E-state index in [0.717, 1.165) is 0 Å². The Morgan fingerprint density at radius 2 is 0.478 bits per heavy atom. The van der Waals surface area contributed by atoms with Crippen molar-refractivity contribution < 1.29 is 0 Å². The first-order chi connectivity index (χ1) is 22.8. The zero-order valence-corrected chi connectivity index (χ0v) is 26.5. The molecular formula is C44H26S2. The lowest BCUT2D eigenvalue weighted by molar-refractivity contribution is 1.76. The van der Waals surface area contributed by atoms with E-state index < -0.39 is 0 Å². The predicted molar refractivity (Wildman–Crippen MR) is 204 cm³/mol. The van der Waals surface area contributed by atoms with Crippen LogP contribution in [0.2, 0.25) is 0 Å². The number of hydrogen-bond donors (Lipinski definition) is 0. The third-order valence-corrected chi connectivity index (χ3v) is 12.0. The molecule has 0 radical (unpaired) electrons. The predicted octanol–water partition coefficient (Wildman–Crippen LogP) is 13.7. The maximum absolute atomic E-state index is 2.32. The molecule has 2 heterocycles. The largest absolute Gasteiger partial charge is 0.134 e. The van der Waals surface area contributed by atoms with Crippen molar-refractivity contribution in [2.24, 2.45) is 0 Å². The number of fused-ring (bicyclic) bond motifs is 12. The fourth-order valence-electron chi connectivity index (χ4n) is 7.55. The van der Waals surface area contributed by atoms with E-state index in [1.807, 2.05) is 22.7 Å². The van der Waals surface area contributed by atoms with Crippen LogP contribution >= 0.6 is 22.7 Å². The molecule has 0 atom stereocenters. The average Bonchev–Trinajstić information content (AvgIpc) is 3.82. The van der Waals surface area contributed by atoms with E-state index in [1.165, 1.54) is 95.3 Å². The highest BCUT2D eigenvalue weighted by atomic mass is 32.1. The molecule has 10 rings (SSSR count). The molecule has 0 saturated heterocycles. The zero-order chi connectivity index (χ0) is 30.2. The number of hydrogen-bond acceptors (Lipinski definition) is 2. The van der Waals surface area contributed by atoms with Gasteiger partial charge in [-0.05, 0) is 88.9 Å². The molecule has 46 heavy (non-hydrogen) atoms. The zero-order valence-electron chi connectivity index (χ0n) is 24.8. The van der Waals surface area contributed by atoms with E-state index in [9.17, 15) is 0 Å². The smallest absolute Gasteiger partial charge is 0.0449 e. The van der Waals surface area contributed by atoms with Gasteiger partial charge in [-0.1, -0.05) is 133 Å². The van der Waals surface area contributed by atoms with Crippen LogP contribution in [-0.2, 0) is 0 Å². The quantitative estimate of drug-likeness (QED) is 0.173. The van der Waals surface area contributed by atoms with Crippen molar-refractivity contribution in [2.75, 3.05) is 0 Å². The molecular weight excluding hydrogens is 593 g/mol. The van der Waals surface area contributed by atoms with Crippen molar-refractivity contribution in [3.63, 3.8) is 0 Å². The third-order valence-electron chi connectivity index (χ3n) is 9.52. The van der Waals surface area contributed by atoms with E-state index in [-0.39, 0.29) is 0 Å². The van der Waals surface area contributed by atoms with Crippen molar-refractivity contribution in [2.45, 2.75) is 0 Å². The normalized spacial score (nSPS) is 11.9. The molecule has 0 fully saturated rings. The van der Waals surface area contributed by atoms with Crippen molar-refractivity contribution in [1.29, 1.82) is 0 Å². The summed E-state index contributed by atoms with van der Waals surface area (Å²) in [4.78, 5) is 5.23. The summed E-state index contributed by atoms with van der Waals surface area (Å²) < 4.78 is 0. The van der Waals surface area contributed by atoms with Crippen LogP contribution in [-0.4, -0.2) is 0 Å². The lowest BCUT2D eigenvalue weighted by Crippen LogP contribution is -1.85. The van der Waals surface area contributed by atoms with Crippen LogP contribution in [0.4, 0.5) is 0 Å². The first-order valence-electron chi connectivity index (χ1n) is 15.7. The molecule has 8 aromatic carbocycles. The van der Waals surface area contributed by atoms with Crippen molar-refractivity contribution >= 4 is 87.3 Å². The van der Waals surface area contributed by atoms with Crippen molar-refractivity contribution in [3.8, 4) is 30.6 Å². The summed E-state index contributed by atoms with van der Waals surface area (Å²) in [7, 11) is 0. The van der Waals surface area contributed by atoms with Gasteiger partial charge in [-0.2, -0.15) is 0 Å². The summed E-state index contributed by atoms with van der Waals surface area (Å²) >= 11 is 3.79. The first kappa shape index (κ1) is 26.0. The van der Waals surface area contributed by atoms with Crippen LogP contribution in [0.25, 0.3) is 95.3 Å². The van der Waals surface area contributed by atoms with Crippen LogP contribution in [0.1, 0.15) is 0 Å². The molecule has 2 heteroatoms. The summed E-state index contributed by atoms with van der Waals surface area (Å²) in [6, 6.07) is 58.2. The second kappa shape index (κ2) is 10.1. The van der Waals surface area contributed by atoms with E-state index >= 15 is 0 Å². The highest BCUT2D eigenvalue weighted by Crippen LogP contribution is 2.47. The van der Waals surface area contributed by atoms with Crippen LogP contribution in [0.5, 0.6) is 0 Å². The Kier molecular flexibility index (Phi) is 5.72. The second-order valence-corrected chi connectivity index (χ2v) is 14.1. The molecule has 0 unspecified atom stereocenters. The van der Waals surface area contributed by atoms with Crippen LogP contribution in [0.15, 0.2) is 158 Å². The Bertz CT molecular complexity index is 2530. The monoisotopic (exact) mass is 618 g/mol. The molecule has 0 aliphatic heterocycles. The number of benzene rings is 8. The van der Waals surface area contributed by atoms with Gasteiger partial charge < -0.3 is 0 Å². The summed E-state index contributed by atoms with van der Waals surface area (Å²) in [5.41, 5.74) is 2.61. The molecule has 0 aliphatic rings. The average molecular weight is 619 g/mol. The maximum Gasteiger partial charge on any atom is 0.0449 e.